The number of rotatable bonds is 2. The number of aromatic carboxylic acids is 1. The first kappa shape index (κ1) is 11.2. The van der Waals surface area contributed by atoms with E-state index >= 15 is 0 Å². The molecule has 3 N–H and O–H groups in total. The predicted molar refractivity (Wildman–Crippen MR) is 69.8 cm³/mol. The van der Waals surface area contributed by atoms with Gasteiger partial charge in [0.05, 0.1) is 5.56 Å². The molecule has 0 amide bonds. The summed E-state index contributed by atoms with van der Waals surface area (Å²) < 4.78 is 1.76. The standard InChI is InChI=1S/C13H10N4O2/c14-10-4-5-17-11(7-10)15-16-12(17)8-2-1-3-9(6-8)13(18)19/h1-7H,14H2,(H,18,19). The molecule has 0 spiro atoms. The Balaban J connectivity index is 2.19. The van der Waals surface area contributed by atoms with Gasteiger partial charge in [-0.25, -0.2) is 4.79 Å². The van der Waals surface area contributed by atoms with Gasteiger partial charge in [0.2, 0.25) is 0 Å². The van der Waals surface area contributed by atoms with Crippen molar-refractivity contribution in [2.75, 3.05) is 5.73 Å². The first-order valence-corrected chi connectivity index (χ1v) is 5.59. The Morgan fingerprint density at radius 3 is 2.84 bits per heavy atom. The molecular formula is C13H10N4O2. The molecule has 0 bridgehead atoms. The molecule has 0 unspecified atom stereocenters. The van der Waals surface area contributed by atoms with Crippen LogP contribution in [0, 0.1) is 0 Å². The first-order valence-electron chi connectivity index (χ1n) is 5.59. The summed E-state index contributed by atoms with van der Waals surface area (Å²) in [6.45, 7) is 0. The van der Waals surface area contributed by atoms with Crippen molar-refractivity contribution in [2.45, 2.75) is 0 Å². The topological polar surface area (TPSA) is 93.5 Å². The number of fused-ring (bicyclic) bond motifs is 1. The average Bonchev–Trinajstić information content (AvgIpc) is 2.81. The summed E-state index contributed by atoms with van der Waals surface area (Å²) in [5.41, 5.74) is 7.80. The molecule has 2 aromatic heterocycles. The molecule has 0 fully saturated rings. The van der Waals surface area contributed by atoms with Crippen molar-refractivity contribution < 1.29 is 9.90 Å². The largest absolute Gasteiger partial charge is 0.478 e. The number of aromatic nitrogens is 3. The van der Waals surface area contributed by atoms with Crippen molar-refractivity contribution in [3.8, 4) is 11.4 Å². The smallest absolute Gasteiger partial charge is 0.335 e. The van der Waals surface area contributed by atoms with E-state index < -0.39 is 5.97 Å². The van der Waals surface area contributed by atoms with Gasteiger partial charge in [-0.2, -0.15) is 0 Å². The third-order valence-electron chi connectivity index (χ3n) is 2.80. The molecule has 0 atom stereocenters. The predicted octanol–water partition coefficient (Wildman–Crippen LogP) is 1.68. The monoisotopic (exact) mass is 254 g/mol. The van der Waals surface area contributed by atoms with Crippen LogP contribution in [-0.2, 0) is 0 Å². The Bertz CT molecular complexity index is 779. The number of carboxylic acid groups (broad SMARTS) is 1. The van der Waals surface area contributed by atoms with Crippen molar-refractivity contribution in [1.82, 2.24) is 14.6 Å². The lowest BCUT2D eigenvalue weighted by molar-refractivity contribution is 0.0697. The Hall–Kier alpha value is -2.89. The van der Waals surface area contributed by atoms with Gasteiger partial charge in [0.25, 0.3) is 0 Å². The quantitative estimate of drug-likeness (QED) is 0.725. The lowest BCUT2D eigenvalue weighted by Crippen LogP contribution is -1.97. The summed E-state index contributed by atoms with van der Waals surface area (Å²) in [6, 6.07) is 10.0. The van der Waals surface area contributed by atoms with E-state index in [0.717, 1.165) is 0 Å². The third-order valence-corrected chi connectivity index (χ3v) is 2.80. The average molecular weight is 254 g/mol. The summed E-state index contributed by atoms with van der Waals surface area (Å²) in [6.07, 6.45) is 1.76. The number of carboxylic acids is 1. The van der Waals surface area contributed by atoms with Crippen molar-refractivity contribution >= 4 is 17.3 Å². The van der Waals surface area contributed by atoms with Crippen molar-refractivity contribution in [3.05, 3.63) is 48.2 Å². The van der Waals surface area contributed by atoms with Crippen LogP contribution in [0.1, 0.15) is 10.4 Å². The summed E-state index contributed by atoms with van der Waals surface area (Å²) in [4.78, 5) is 11.0. The van der Waals surface area contributed by atoms with Crippen LogP contribution < -0.4 is 5.73 Å². The molecule has 0 saturated heterocycles. The summed E-state index contributed by atoms with van der Waals surface area (Å²) in [5, 5.41) is 17.1. The normalized spacial score (nSPS) is 10.7. The lowest BCUT2D eigenvalue weighted by atomic mass is 10.1. The van der Waals surface area contributed by atoms with Crippen LogP contribution in [0.3, 0.4) is 0 Å². The molecule has 0 aliphatic carbocycles. The Kier molecular flexibility index (Phi) is 2.42. The molecule has 0 saturated carbocycles. The maximum Gasteiger partial charge on any atom is 0.335 e. The Morgan fingerprint density at radius 2 is 2.05 bits per heavy atom. The highest BCUT2D eigenvalue weighted by Gasteiger charge is 2.10. The van der Waals surface area contributed by atoms with E-state index in [9.17, 15) is 4.79 Å². The number of nitrogens with two attached hydrogens (primary N) is 1. The minimum atomic E-state index is -0.972. The van der Waals surface area contributed by atoms with E-state index in [1.54, 1.807) is 40.9 Å². The minimum Gasteiger partial charge on any atom is -0.478 e. The molecule has 0 radical (unpaired) electrons. The van der Waals surface area contributed by atoms with Crippen LogP contribution in [0.4, 0.5) is 5.69 Å². The van der Waals surface area contributed by atoms with Gasteiger partial charge in [0, 0.05) is 23.5 Å². The zero-order chi connectivity index (χ0) is 13.4. The molecule has 94 valence electrons. The summed E-state index contributed by atoms with van der Waals surface area (Å²) in [5.74, 6) is -0.391. The fourth-order valence-electron chi connectivity index (χ4n) is 1.89. The van der Waals surface area contributed by atoms with Crippen LogP contribution in [0.5, 0.6) is 0 Å². The molecule has 1 aromatic carbocycles. The molecule has 0 aliphatic heterocycles. The molecule has 3 rings (SSSR count). The number of hydrogen-bond acceptors (Lipinski definition) is 4. The first-order chi connectivity index (χ1) is 9.15. The number of hydrogen-bond donors (Lipinski definition) is 2. The number of nitrogen functional groups attached to an aromatic ring is 1. The summed E-state index contributed by atoms with van der Waals surface area (Å²) >= 11 is 0. The van der Waals surface area contributed by atoms with Crippen molar-refractivity contribution in [1.29, 1.82) is 0 Å². The number of anilines is 1. The maximum absolute atomic E-state index is 11.0. The van der Waals surface area contributed by atoms with Crippen LogP contribution in [0.15, 0.2) is 42.6 Å². The zero-order valence-corrected chi connectivity index (χ0v) is 9.82. The maximum atomic E-state index is 11.0. The highest BCUT2D eigenvalue weighted by atomic mass is 16.4. The molecule has 2 heterocycles. The molecule has 19 heavy (non-hydrogen) atoms. The van der Waals surface area contributed by atoms with E-state index in [1.807, 2.05) is 0 Å². The lowest BCUT2D eigenvalue weighted by Gasteiger charge is -2.02. The highest BCUT2D eigenvalue weighted by Crippen LogP contribution is 2.20. The second-order valence-corrected chi connectivity index (χ2v) is 4.10. The second kappa shape index (κ2) is 4.09. The van der Waals surface area contributed by atoms with E-state index in [2.05, 4.69) is 10.2 Å². The third kappa shape index (κ3) is 1.89. The zero-order valence-electron chi connectivity index (χ0n) is 9.82. The molecule has 6 heteroatoms. The number of pyridine rings is 1. The minimum absolute atomic E-state index is 0.213. The SMILES string of the molecule is Nc1ccn2c(-c3cccc(C(=O)O)c3)nnc2c1. The van der Waals surface area contributed by atoms with Crippen LogP contribution in [-0.4, -0.2) is 25.7 Å². The van der Waals surface area contributed by atoms with Gasteiger partial charge >= 0.3 is 5.97 Å². The Morgan fingerprint density at radius 1 is 1.21 bits per heavy atom. The highest BCUT2D eigenvalue weighted by molar-refractivity contribution is 5.89. The molecule has 6 nitrogen and oxygen atoms in total. The number of carbonyl (C=O) groups is 1. The number of benzene rings is 1. The van der Waals surface area contributed by atoms with Gasteiger partial charge in [-0.3, -0.25) is 4.40 Å². The van der Waals surface area contributed by atoms with Crippen molar-refractivity contribution in [2.24, 2.45) is 0 Å². The molecule has 3 aromatic rings. The van der Waals surface area contributed by atoms with Crippen LogP contribution in [0.2, 0.25) is 0 Å². The summed E-state index contributed by atoms with van der Waals surface area (Å²) in [7, 11) is 0. The van der Waals surface area contributed by atoms with E-state index in [0.29, 0.717) is 22.7 Å². The van der Waals surface area contributed by atoms with Crippen molar-refractivity contribution in [3.63, 3.8) is 0 Å². The van der Waals surface area contributed by atoms with Gasteiger partial charge in [0.15, 0.2) is 11.5 Å². The second-order valence-electron chi connectivity index (χ2n) is 4.10. The van der Waals surface area contributed by atoms with Crippen LogP contribution >= 0.6 is 0 Å². The van der Waals surface area contributed by atoms with Gasteiger partial charge in [0.1, 0.15) is 0 Å². The van der Waals surface area contributed by atoms with E-state index in [1.165, 1.54) is 6.07 Å². The fraction of sp³-hybridized carbons (Fsp3) is 0. The van der Waals surface area contributed by atoms with Gasteiger partial charge in [-0.05, 0) is 18.2 Å². The van der Waals surface area contributed by atoms with E-state index in [4.69, 9.17) is 10.8 Å². The van der Waals surface area contributed by atoms with Gasteiger partial charge in [-0.1, -0.05) is 12.1 Å². The van der Waals surface area contributed by atoms with Gasteiger partial charge < -0.3 is 10.8 Å². The van der Waals surface area contributed by atoms with Crippen LogP contribution in [0.25, 0.3) is 17.0 Å². The number of nitrogens with zero attached hydrogens (tertiary/aromatic N) is 3. The van der Waals surface area contributed by atoms with Gasteiger partial charge in [-0.15, -0.1) is 10.2 Å². The molecular weight excluding hydrogens is 244 g/mol. The Labute approximate surface area is 108 Å². The van der Waals surface area contributed by atoms with E-state index in [-0.39, 0.29) is 5.56 Å². The molecule has 0 aliphatic rings. The fourth-order valence-corrected chi connectivity index (χ4v) is 1.89.